The van der Waals surface area contributed by atoms with Gasteiger partial charge in [-0.3, -0.25) is 9.78 Å². The molecule has 0 saturated carbocycles. The Morgan fingerprint density at radius 1 is 1.10 bits per heavy atom. The van der Waals surface area contributed by atoms with Crippen LogP contribution in [-0.4, -0.2) is 20.9 Å². The molecule has 4 rings (SSSR count). The van der Waals surface area contributed by atoms with Crippen LogP contribution in [0.1, 0.15) is 15.9 Å². The quantitative estimate of drug-likeness (QED) is 0.508. The maximum absolute atomic E-state index is 13.7. The predicted octanol–water partition coefficient (Wildman–Crippen LogP) is 4.61. The van der Waals surface area contributed by atoms with Gasteiger partial charge in [-0.2, -0.15) is 13.2 Å². The van der Waals surface area contributed by atoms with E-state index in [2.05, 4.69) is 20.3 Å². The molecule has 0 spiro atoms. The second kappa shape index (κ2) is 7.13. The van der Waals surface area contributed by atoms with Crippen molar-refractivity contribution in [3.05, 3.63) is 65.6 Å². The molecule has 29 heavy (non-hydrogen) atoms. The van der Waals surface area contributed by atoms with E-state index in [-0.39, 0.29) is 16.7 Å². The number of aromatic nitrogens is 3. The lowest BCUT2D eigenvalue weighted by atomic mass is 10.0. The monoisotopic (exact) mass is 415 g/mol. The third-order valence-electron chi connectivity index (χ3n) is 4.19. The van der Waals surface area contributed by atoms with Gasteiger partial charge >= 0.3 is 6.18 Å². The standard InChI is InChI=1S/C19H12F3N5OS/c20-19(21,22)14-6-11(15-7-24-9-29-15)5-13-16(14)25-8-26-18(13)27-12-3-1-10(2-4-12)17(23)28/h1-9H,(H2,23,28)(H,25,26,27). The highest BCUT2D eigenvalue weighted by Gasteiger charge is 2.34. The Labute approximate surface area is 166 Å². The van der Waals surface area contributed by atoms with Gasteiger partial charge in [0.15, 0.2) is 0 Å². The summed E-state index contributed by atoms with van der Waals surface area (Å²) in [6.45, 7) is 0. The predicted molar refractivity (Wildman–Crippen MR) is 104 cm³/mol. The lowest BCUT2D eigenvalue weighted by Gasteiger charge is -2.14. The van der Waals surface area contributed by atoms with Crippen molar-refractivity contribution in [1.82, 2.24) is 15.0 Å². The van der Waals surface area contributed by atoms with Gasteiger partial charge in [-0.15, -0.1) is 11.3 Å². The van der Waals surface area contributed by atoms with Crippen molar-refractivity contribution < 1.29 is 18.0 Å². The summed E-state index contributed by atoms with van der Waals surface area (Å²) in [5, 5.41) is 3.19. The summed E-state index contributed by atoms with van der Waals surface area (Å²) in [4.78, 5) is 23.7. The van der Waals surface area contributed by atoms with E-state index in [9.17, 15) is 18.0 Å². The molecule has 0 unspecified atom stereocenters. The molecule has 146 valence electrons. The van der Waals surface area contributed by atoms with E-state index in [1.807, 2.05) is 0 Å². The normalized spacial score (nSPS) is 11.6. The second-order valence-electron chi connectivity index (χ2n) is 6.07. The Morgan fingerprint density at radius 3 is 2.48 bits per heavy atom. The summed E-state index contributed by atoms with van der Waals surface area (Å²) in [6.07, 6.45) is -2.01. The number of alkyl halides is 3. The van der Waals surface area contributed by atoms with Gasteiger partial charge in [0.1, 0.15) is 12.1 Å². The number of rotatable bonds is 4. The van der Waals surface area contributed by atoms with Crippen LogP contribution in [0.15, 0.2) is 54.4 Å². The van der Waals surface area contributed by atoms with E-state index < -0.39 is 17.6 Å². The van der Waals surface area contributed by atoms with E-state index in [0.29, 0.717) is 21.7 Å². The summed E-state index contributed by atoms with van der Waals surface area (Å²) in [5.41, 5.74) is 6.92. The SMILES string of the molecule is NC(=O)c1ccc(Nc2ncnc3c(C(F)(F)F)cc(-c4cncs4)cc23)cc1. The summed E-state index contributed by atoms with van der Waals surface area (Å²) in [5.74, 6) is -0.369. The summed E-state index contributed by atoms with van der Waals surface area (Å²) < 4.78 is 41.0. The highest BCUT2D eigenvalue weighted by atomic mass is 32.1. The Kier molecular flexibility index (Phi) is 4.63. The number of carbonyl (C=O) groups excluding carboxylic acids is 1. The van der Waals surface area contributed by atoms with Crippen LogP contribution in [0.25, 0.3) is 21.3 Å². The number of hydrogen-bond acceptors (Lipinski definition) is 6. The van der Waals surface area contributed by atoms with Crippen LogP contribution in [-0.2, 0) is 6.18 Å². The van der Waals surface area contributed by atoms with Crippen LogP contribution < -0.4 is 11.1 Å². The van der Waals surface area contributed by atoms with Gasteiger partial charge in [0, 0.05) is 22.8 Å². The van der Waals surface area contributed by atoms with Crippen molar-refractivity contribution in [2.24, 2.45) is 5.73 Å². The Bertz CT molecular complexity index is 1190. The first-order valence-corrected chi connectivity index (χ1v) is 9.12. The minimum atomic E-state index is -4.59. The average Bonchev–Trinajstić information content (AvgIpc) is 3.22. The van der Waals surface area contributed by atoms with Crippen molar-refractivity contribution >= 4 is 39.7 Å². The van der Waals surface area contributed by atoms with Gasteiger partial charge in [-0.05, 0) is 42.0 Å². The summed E-state index contributed by atoms with van der Waals surface area (Å²) in [7, 11) is 0. The molecule has 2 aromatic carbocycles. The highest BCUT2D eigenvalue weighted by Crippen LogP contribution is 2.39. The Balaban J connectivity index is 1.86. The number of fused-ring (bicyclic) bond motifs is 1. The van der Waals surface area contributed by atoms with Crippen LogP contribution in [0, 0.1) is 0 Å². The van der Waals surface area contributed by atoms with E-state index in [4.69, 9.17) is 5.73 Å². The number of anilines is 2. The van der Waals surface area contributed by atoms with Crippen molar-refractivity contribution in [1.29, 1.82) is 0 Å². The Morgan fingerprint density at radius 2 is 1.86 bits per heavy atom. The number of nitrogens with two attached hydrogens (primary N) is 1. The fraction of sp³-hybridized carbons (Fsp3) is 0.0526. The molecule has 0 aliphatic rings. The first kappa shape index (κ1) is 18.8. The molecule has 0 atom stereocenters. The molecule has 2 aromatic heterocycles. The zero-order valence-electron chi connectivity index (χ0n) is 14.6. The molecular formula is C19H12F3N5OS. The highest BCUT2D eigenvalue weighted by molar-refractivity contribution is 7.13. The molecule has 6 nitrogen and oxygen atoms in total. The molecule has 0 aliphatic carbocycles. The number of hydrogen-bond donors (Lipinski definition) is 2. The third-order valence-corrected chi connectivity index (χ3v) is 5.02. The number of primary amides is 1. The van der Waals surface area contributed by atoms with E-state index >= 15 is 0 Å². The van der Waals surface area contributed by atoms with Gasteiger partial charge in [0.05, 0.1) is 21.5 Å². The number of nitrogens with zero attached hydrogens (tertiary/aromatic N) is 3. The molecule has 10 heteroatoms. The van der Waals surface area contributed by atoms with E-state index in [1.165, 1.54) is 29.7 Å². The van der Waals surface area contributed by atoms with Gasteiger partial charge in [-0.25, -0.2) is 9.97 Å². The van der Waals surface area contributed by atoms with Crippen molar-refractivity contribution in [2.45, 2.75) is 6.18 Å². The number of benzene rings is 2. The molecule has 2 heterocycles. The molecule has 0 bridgehead atoms. The van der Waals surface area contributed by atoms with Crippen LogP contribution in [0.2, 0.25) is 0 Å². The largest absolute Gasteiger partial charge is 0.418 e. The molecule has 0 fully saturated rings. The van der Waals surface area contributed by atoms with Crippen molar-refractivity contribution in [3.63, 3.8) is 0 Å². The van der Waals surface area contributed by atoms with Crippen molar-refractivity contribution in [3.8, 4) is 10.4 Å². The van der Waals surface area contributed by atoms with Crippen LogP contribution in [0.4, 0.5) is 24.7 Å². The minimum Gasteiger partial charge on any atom is -0.366 e. The molecule has 3 N–H and O–H groups in total. The molecule has 1 amide bonds. The lowest BCUT2D eigenvalue weighted by molar-refractivity contribution is -0.136. The zero-order valence-corrected chi connectivity index (χ0v) is 15.4. The molecule has 0 saturated heterocycles. The maximum atomic E-state index is 13.7. The maximum Gasteiger partial charge on any atom is 0.418 e. The smallest absolute Gasteiger partial charge is 0.366 e. The summed E-state index contributed by atoms with van der Waals surface area (Å²) in [6, 6.07) is 8.86. The average molecular weight is 415 g/mol. The van der Waals surface area contributed by atoms with Crippen LogP contribution >= 0.6 is 11.3 Å². The Hall–Kier alpha value is -3.53. The molecular weight excluding hydrogens is 403 g/mol. The van der Waals surface area contributed by atoms with Crippen LogP contribution in [0.3, 0.4) is 0 Å². The minimum absolute atomic E-state index is 0.207. The number of nitrogens with one attached hydrogen (secondary N) is 1. The molecule has 0 radical (unpaired) electrons. The lowest BCUT2D eigenvalue weighted by Crippen LogP contribution is -2.10. The first-order valence-electron chi connectivity index (χ1n) is 8.24. The number of amides is 1. The first-order chi connectivity index (χ1) is 13.8. The molecule has 4 aromatic rings. The fourth-order valence-corrected chi connectivity index (χ4v) is 3.45. The number of carbonyl (C=O) groups is 1. The van der Waals surface area contributed by atoms with Gasteiger partial charge in [0.2, 0.25) is 5.91 Å². The van der Waals surface area contributed by atoms with Gasteiger partial charge in [0.25, 0.3) is 0 Å². The topological polar surface area (TPSA) is 93.8 Å². The van der Waals surface area contributed by atoms with Gasteiger partial charge < -0.3 is 11.1 Å². The van der Waals surface area contributed by atoms with E-state index in [0.717, 1.165) is 12.4 Å². The second-order valence-corrected chi connectivity index (χ2v) is 6.96. The van der Waals surface area contributed by atoms with Gasteiger partial charge in [-0.1, -0.05) is 0 Å². The number of thiazole rings is 1. The third kappa shape index (κ3) is 3.74. The zero-order chi connectivity index (χ0) is 20.6. The van der Waals surface area contributed by atoms with Crippen LogP contribution in [0.5, 0.6) is 0 Å². The van der Waals surface area contributed by atoms with E-state index in [1.54, 1.807) is 23.7 Å². The molecule has 0 aliphatic heterocycles. The summed E-state index contributed by atoms with van der Waals surface area (Å²) >= 11 is 1.23. The fourth-order valence-electron chi connectivity index (χ4n) is 2.84. The number of halogens is 3. The van der Waals surface area contributed by atoms with Crippen molar-refractivity contribution in [2.75, 3.05) is 5.32 Å².